The molecule has 35 heavy (non-hydrogen) atoms. The van der Waals surface area contributed by atoms with Crippen LogP contribution in [0.3, 0.4) is 0 Å². The number of ether oxygens (including phenoxy) is 2. The summed E-state index contributed by atoms with van der Waals surface area (Å²) in [6, 6.07) is 19.2. The van der Waals surface area contributed by atoms with Gasteiger partial charge in [0.25, 0.3) is 0 Å². The van der Waals surface area contributed by atoms with Gasteiger partial charge in [-0.05, 0) is 87.4 Å². The van der Waals surface area contributed by atoms with Crippen molar-refractivity contribution in [2.75, 3.05) is 6.61 Å². The van der Waals surface area contributed by atoms with Crippen LogP contribution in [0.5, 0.6) is 5.75 Å². The van der Waals surface area contributed by atoms with Gasteiger partial charge in [0.1, 0.15) is 22.5 Å². The van der Waals surface area contributed by atoms with E-state index < -0.39 is 11.6 Å². The molecule has 1 aliphatic carbocycles. The molecule has 3 nitrogen and oxygen atoms in total. The molecular weight excluding hydrogens is 459 g/mol. The van der Waals surface area contributed by atoms with E-state index >= 15 is 0 Å². The number of rotatable bonds is 6. The molecule has 5 rings (SSSR count). The first kappa shape index (κ1) is 23.6. The van der Waals surface area contributed by atoms with Gasteiger partial charge in [0.05, 0.1) is 0 Å². The zero-order chi connectivity index (χ0) is 24.6. The van der Waals surface area contributed by atoms with Crippen LogP contribution < -0.4 is 4.74 Å². The lowest BCUT2D eigenvalue weighted by Gasteiger charge is -2.29. The van der Waals surface area contributed by atoms with E-state index in [1.165, 1.54) is 32.7 Å². The van der Waals surface area contributed by atoms with Gasteiger partial charge in [-0.25, -0.2) is 9.18 Å². The smallest absolute Gasteiger partial charge is 0.345 e. The van der Waals surface area contributed by atoms with Crippen molar-refractivity contribution in [2.24, 2.45) is 0 Å². The highest BCUT2D eigenvalue weighted by molar-refractivity contribution is 7.43. The Morgan fingerprint density at radius 3 is 2.29 bits per heavy atom. The average Bonchev–Trinajstić information content (AvgIpc) is 3.44. The summed E-state index contributed by atoms with van der Waals surface area (Å²) in [7, 11) is -0.105. The zero-order valence-electron chi connectivity index (χ0n) is 20.4. The Labute approximate surface area is 208 Å². The predicted molar refractivity (Wildman–Crippen MR) is 140 cm³/mol. The number of carbonyl (C=O) groups excluding carboxylic acids is 1. The molecule has 1 heterocycles. The third-order valence-corrected chi connectivity index (χ3v) is 9.12. The van der Waals surface area contributed by atoms with E-state index in [0.29, 0.717) is 0 Å². The van der Waals surface area contributed by atoms with Gasteiger partial charge in [-0.2, -0.15) is 0 Å². The van der Waals surface area contributed by atoms with Crippen LogP contribution in [0.1, 0.15) is 47.9 Å². The molecule has 0 spiro atoms. The van der Waals surface area contributed by atoms with Gasteiger partial charge in [0.15, 0.2) is 16.2 Å². The lowest BCUT2D eigenvalue weighted by atomic mass is 9.92. The molecule has 0 amide bonds. The molecule has 3 aromatic carbocycles. The number of carbonyl (C=O) groups is 1. The Balaban J connectivity index is 1.33. The van der Waals surface area contributed by atoms with Gasteiger partial charge in [-0.3, -0.25) is 0 Å². The van der Waals surface area contributed by atoms with Crippen LogP contribution in [0.2, 0.25) is 0 Å². The normalized spacial score (nSPS) is 15.4. The molecule has 0 saturated heterocycles. The van der Waals surface area contributed by atoms with Crippen LogP contribution in [0.4, 0.5) is 4.39 Å². The second kappa shape index (κ2) is 9.46. The second-order valence-electron chi connectivity index (χ2n) is 9.49. The monoisotopic (exact) mass is 489 g/mol. The Morgan fingerprint density at radius 2 is 1.60 bits per heavy atom. The zero-order valence-corrected chi connectivity index (χ0v) is 21.2. The maximum atomic E-state index is 13.4. The van der Waals surface area contributed by atoms with E-state index in [-0.39, 0.29) is 22.9 Å². The van der Waals surface area contributed by atoms with Crippen molar-refractivity contribution in [2.45, 2.75) is 52.1 Å². The third-order valence-electron chi connectivity index (χ3n) is 6.96. The molecular formula is C30H30FO3S+. The number of esters is 1. The molecule has 5 heteroatoms. The molecule has 1 atom stereocenters. The van der Waals surface area contributed by atoms with Crippen LogP contribution in [-0.2, 0) is 15.1 Å². The van der Waals surface area contributed by atoms with E-state index in [0.717, 1.165) is 48.1 Å². The van der Waals surface area contributed by atoms with Gasteiger partial charge < -0.3 is 9.47 Å². The molecule has 180 valence electrons. The summed E-state index contributed by atoms with van der Waals surface area (Å²) >= 11 is 0. The van der Waals surface area contributed by atoms with Crippen LogP contribution in [0.25, 0.3) is 15.0 Å². The van der Waals surface area contributed by atoms with Crippen molar-refractivity contribution in [3.63, 3.8) is 0 Å². The molecule has 1 unspecified atom stereocenters. The first-order valence-electron chi connectivity index (χ1n) is 12.1. The first-order chi connectivity index (χ1) is 16.9. The lowest BCUT2D eigenvalue weighted by molar-refractivity contribution is -0.163. The second-order valence-corrected chi connectivity index (χ2v) is 11.3. The lowest BCUT2D eigenvalue weighted by Crippen LogP contribution is -2.32. The molecule has 4 aromatic rings. The Bertz CT molecular complexity index is 1360. The fourth-order valence-corrected chi connectivity index (χ4v) is 7.57. The summed E-state index contributed by atoms with van der Waals surface area (Å²) in [5.41, 5.74) is 3.48. The minimum atomic E-state index is -0.691. The first-order valence-corrected chi connectivity index (χ1v) is 13.4. The van der Waals surface area contributed by atoms with Gasteiger partial charge >= 0.3 is 5.97 Å². The molecule has 1 saturated carbocycles. The van der Waals surface area contributed by atoms with E-state index in [1.54, 1.807) is 12.1 Å². The van der Waals surface area contributed by atoms with E-state index in [4.69, 9.17) is 9.47 Å². The number of aryl methyl sites for hydroxylation is 3. The largest absolute Gasteiger partial charge is 0.481 e. The van der Waals surface area contributed by atoms with E-state index in [2.05, 4.69) is 48.7 Å². The van der Waals surface area contributed by atoms with E-state index in [1.807, 2.05) is 13.8 Å². The number of benzene rings is 3. The van der Waals surface area contributed by atoms with Gasteiger partial charge in [0, 0.05) is 33.6 Å². The molecule has 0 aliphatic heterocycles. The minimum Gasteiger partial charge on any atom is -0.481 e. The van der Waals surface area contributed by atoms with Crippen molar-refractivity contribution < 1.29 is 18.7 Å². The van der Waals surface area contributed by atoms with Crippen molar-refractivity contribution in [1.82, 2.24) is 0 Å². The Hall–Kier alpha value is -3.18. The topological polar surface area (TPSA) is 35.5 Å². The molecule has 0 radical (unpaired) electrons. The van der Waals surface area contributed by atoms with Crippen molar-refractivity contribution in [1.29, 1.82) is 0 Å². The Morgan fingerprint density at radius 1 is 0.943 bits per heavy atom. The molecule has 1 fully saturated rings. The van der Waals surface area contributed by atoms with Gasteiger partial charge in [-0.1, -0.05) is 24.3 Å². The van der Waals surface area contributed by atoms with Gasteiger partial charge in [-0.15, -0.1) is 0 Å². The van der Waals surface area contributed by atoms with Crippen LogP contribution in [0, 0.1) is 26.6 Å². The average molecular weight is 490 g/mol. The molecule has 1 aromatic heterocycles. The number of halogens is 1. The highest BCUT2D eigenvalue weighted by atomic mass is 32.2. The summed E-state index contributed by atoms with van der Waals surface area (Å²) < 4.78 is 26.8. The summed E-state index contributed by atoms with van der Waals surface area (Å²) in [6.45, 7) is 6.06. The van der Waals surface area contributed by atoms with E-state index in [9.17, 15) is 9.18 Å². The van der Waals surface area contributed by atoms with Crippen LogP contribution in [-0.4, -0.2) is 12.6 Å². The molecule has 1 aliphatic rings. The SMILES string of the molecule is Cc1cc(-[s+]2cc(C)c3ccccc32)cc(C)c1OCC(=O)OC1(c2ccc(F)cc2)CCCC1. The van der Waals surface area contributed by atoms with Crippen molar-refractivity contribution >= 4 is 26.5 Å². The highest BCUT2D eigenvalue weighted by Gasteiger charge is 2.39. The van der Waals surface area contributed by atoms with Crippen molar-refractivity contribution in [3.05, 3.63) is 94.1 Å². The minimum absolute atomic E-state index is 0.105. The predicted octanol–water partition coefficient (Wildman–Crippen LogP) is 8.03. The Kier molecular flexibility index (Phi) is 6.37. The highest BCUT2D eigenvalue weighted by Crippen LogP contribution is 2.44. The third kappa shape index (κ3) is 4.57. The van der Waals surface area contributed by atoms with Gasteiger partial charge in [0.2, 0.25) is 0 Å². The standard InChI is InChI=1S/C30H30FO3S/c1-20-16-25(35-19-22(3)26-8-4-5-9-27(26)35)17-21(2)29(20)33-18-28(32)34-30(14-6-7-15-30)23-10-12-24(31)13-11-23/h4-5,8-13,16-17,19H,6-7,14-15,18H2,1-3H3/q+1. The molecule has 0 N–H and O–H groups in total. The number of hydrogen-bond donors (Lipinski definition) is 0. The van der Waals surface area contributed by atoms with Crippen LogP contribution in [0.15, 0.2) is 66.0 Å². The quantitative estimate of drug-likeness (QED) is 0.203. The summed E-state index contributed by atoms with van der Waals surface area (Å²) in [6.07, 6.45) is 3.44. The number of thiophene rings is 1. The fourth-order valence-electron chi connectivity index (χ4n) is 5.28. The van der Waals surface area contributed by atoms with Crippen molar-refractivity contribution in [3.8, 4) is 10.6 Å². The summed E-state index contributed by atoms with van der Waals surface area (Å²) in [5, 5.41) is 3.66. The number of fused-ring (bicyclic) bond motifs is 1. The fraction of sp³-hybridized carbons (Fsp3) is 0.300. The maximum Gasteiger partial charge on any atom is 0.345 e. The summed E-state index contributed by atoms with van der Waals surface area (Å²) in [4.78, 5) is 14.1. The molecule has 0 bridgehead atoms. The number of hydrogen-bond acceptors (Lipinski definition) is 3. The maximum absolute atomic E-state index is 13.4. The summed E-state index contributed by atoms with van der Waals surface area (Å²) in [5.74, 6) is 0.0345. The van der Waals surface area contributed by atoms with Crippen LogP contribution >= 0.6 is 10.5 Å².